The van der Waals surface area contributed by atoms with E-state index in [1.807, 2.05) is 0 Å². The van der Waals surface area contributed by atoms with Crippen LogP contribution in [0.4, 0.5) is 5.69 Å². The van der Waals surface area contributed by atoms with Crippen LogP contribution < -0.4 is 5.32 Å². The number of carbonyl (C=O) groups is 1. The van der Waals surface area contributed by atoms with Crippen LogP contribution in [0.5, 0.6) is 0 Å². The smallest absolute Gasteiger partial charge is 0.281 e. The van der Waals surface area contributed by atoms with Gasteiger partial charge in [-0.15, -0.1) is 10.2 Å². The summed E-state index contributed by atoms with van der Waals surface area (Å²) in [6.45, 7) is 1.69. The Morgan fingerprint density at radius 2 is 2.26 bits per heavy atom. The second-order valence-electron chi connectivity index (χ2n) is 3.95. The number of carbonyl (C=O) groups excluding carboxylic acids is 1. The maximum absolute atomic E-state index is 11.4. The first kappa shape index (κ1) is 12.5. The summed E-state index contributed by atoms with van der Waals surface area (Å²) in [5.74, 6) is 0.00496. The SMILES string of the molecule is Cc1nnc(Sc2cc3c(cc2Cl)C(O)C(=O)N3)o1. The third kappa shape index (κ3) is 2.20. The Bertz CT molecular complexity index is 673. The molecule has 1 atom stereocenters. The highest BCUT2D eigenvalue weighted by Crippen LogP contribution is 2.40. The Morgan fingerprint density at radius 1 is 1.47 bits per heavy atom. The van der Waals surface area contributed by atoms with Crippen molar-refractivity contribution >= 4 is 35.0 Å². The van der Waals surface area contributed by atoms with E-state index < -0.39 is 12.0 Å². The second-order valence-corrected chi connectivity index (χ2v) is 5.35. The van der Waals surface area contributed by atoms with Crippen molar-refractivity contribution in [1.82, 2.24) is 10.2 Å². The lowest BCUT2D eigenvalue weighted by Gasteiger charge is -2.05. The second kappa shape index (κ2) is 4.52. The minimum absolute atomic E-state index is 0.365. The molecule has 1 unspecified atom stereocenters. The molecule has 1 aliphatic rings. The predicted molar refractivity (Wildman–Crippen MR) is 68.2 cm³/mol. The highest BCUT2D eigenvalue weighted by molar-refractivity contribution is 7.99. The number of benzene rings is 1. The highest BCUT2D eigenvalue weighted by Gasteiger charge is 2.29. The fraction of sp³-hybridized carbons (Fsp3) is 0.182. The minimum atomic E-state index is -1.17. The van der Waals surface area contributed by atoms with E-state index in [0.29, 0.717) is 32.3 Å². The number of aromatic nitrogens is 2. The Morgan fingerprint density at radius 3 is 2.95 bits per heavy atom. The number of halogens is 1. The Balaban J connectivity index is 1.96. The molecule has 0 fully saturated rings. The van der Waals surface area contributed by atoms with Gasteiger partial charge in [-0.1, -0.05) is 11.6 Å². The minimum Gasteiger partial charge on any atom is -0.416 e. The molecule has 0 spiro atoms. The number of aliphatic hydroxyl groups excluding tert-OH is 1. The van der Waals surface area contributed by atoms with Crippen molar-refractivity contribution in [2.24, 2.45) is 0 Å². The van der Waals surface area contributed by atoms with Crippen molar-refractivity contribution < 1.29 is 14.3 Å². The lowest BCUT2D eigenvalue weighted by atomic mass is 10.1. The van der Waals surface area contributed by atoms with Crippen LogP contribution in [0, 0.1) is 6.92 Å². The van der Waals surface area contributed by atoms with E-state index in [0.717, 1.165) is 0 Å². The van der Waals surface area contributed by atoms with Gasteiger partial charge in [0.2, 0.25) is 5.89 Å². The Labute approximate surface area is 117 Å². The monoisotopic (exact) mass is 297 g/mol. The molecule has 8 heteroatoms. The third-order valence-corrected chi connectivity index (χ3v) is 3.93. The molecule has 0 saturated carbocycles. The molecule has 1 aromatic heterocycles. The van der Waals surface area contributed by atoms with Crippen LogP contribution in [0.25, 0.3) is 0 Å². The molecule has 0 bridgehead atoms. The van der Waals surface area contributed by atoms with Gasteiger partial charge < -0.3 is 14.8 Å². The molecule has 6 nitrogen and oxygen atoms in total. The zero-order chi connectivity index (χ0) is 13.6. The molecule has 2 aromatic rings. The largest absolute Gasteiger partial charge is 0.416 e. The maximum Gasteiger partial charge on any atom is 0.281 e. The number of hydrogen-bond acceptors (Lipinski definition) is 6. The van der Waals surface area contributed by atoms with Crippen molar-refractivity contribution in [2.45, 2.75) is 23.1 Å². The number of aryl methyl sites for hydroxylation is 1. The van der Waals surface area contributed by atoms with Crippen LogP contribution in [-0.2, 0) is 4.79 Å². The molecule has 1 aromatic carbocycles. The number of fused-ring (bicyclic) bond motifs is 1. The summed E-state index contributed by atoms with van der Waals surface area (Å²) in [5.41, 5.74) is 1.02. The van der Waals surface area contributed by atoms with Gasteiger partial charge in [0.15, 0.2) is 6.10 Å². The quantitative estimate of drug-likeness (QED) is 0.883. The first-order chi connectivity index (χ1) is 9.04. The van der Waals surface area contributed by atoms with Crippen molar-refractivity contribution in [3.8, 4) is 0 Å². The molecular formula is C11H8ClN3O3S. The molecule has 2 heterocycles. The average Bonchev–Trinajstić information content (AvgIpc) is 2.87. The molecule has 19 heavy (non-hydrogen) atoms. The van der Waals surface area contributed by atoms with E-state index in [4.69, 9.17) is 16.0 Å². The third-order valence-electron chi connectivity index (χ3n) is 2.61. The number of amides is 1. The first-order valence-corrected chi connectivity index (χ1v) is 6.54. The van der Waals surface area contributed by atoms with Crippen LogP contribution in [-0.4, -0.2) is 21.2 Å². The molecule has 1 aliphatic heterocycles. The molecule has 98 valence electrons. The summed E-state index contributed by atoms with van der Waals surface area (Å²) in [6.07, 6.45) is -1.17. The molecule has 2 N–H and O–H groups in total. The number of hydrogen-bond donors (Lipinski definition) is 2. The van der Waals surface area contributed by atoms with Crippen molar-refractivity contribution in [2.75, 3.05) is 5.32 Å². The summed E-state index contributed by atoms with van der Waals surface area (Å²) in [6, 6.07) is 3.24. The Hall–Kier alpha value is -1.57. The number of rotatable bonds is 2. The van der Waals surface area contributed by atoms with Gasteiger partial charge in [-0.05, 0) is 23.9 Å². The fourth-order valence-electron chi connectivity index (χ4n) is 1.74. The summed E-state index contributed by atoms with van der Waals surface area (Å²) in [4.78, 5) is 12.0. The van der Waals surface area contributed by atoms with E-state index >= 15 is 0 Å². The number of aliphatic hydroxyl groups is 1. The number of nitrogens with zero attached hydrogens (tertiary/aromatic N) is 2. The average molecular weight is 298 g/mol. The molecule has 3 rings (SSSR count). The lowest BCUT2D eigenvalue weighted by Crippen LogP contribution is -2.10. The van der Waals surface area contributed by atoms with E-state index in [-0.39, 0.29) is 0 Å². The maximum atomic E-state index is 11.4. The number of anilines is 1. The van der Waals surface area contributed by atoms with Gasteiger partial charge in [0, 0.05) is 23.1 Å². The van der Waals surface area contributed by atoms with Crippen LogP contribution in [0.1, 0.15) is 17.6 Å². The zero-order valence-electron chi connectivity index (χ0n) is 9.68. The van der Waals surface area contributed by atoms with Crippen LogP contribution in [0.3, 0.4) is 0 Å². The van der Waals surface area contributed by atoms with Crippen LogP contribution in [0.15, 0.2) is 26.7 Å². The molecule has 0 saturated heterocycles. The molecule has 0 radical (unpaired) electrons. The first-order valence-electron chi connectivity index (χ1n) is 5.35. The van der Waals surface area contributed by atoms with Crippen molar-refractivity contribution in [3.63, 3.8) is 0 Å². The van der Waals surface area contributed by atoms with E-state index in [1.54, 1.807) is 19.1 Å². The van der Waals surface area contributed by atoms with E-state index in [9.17, 15) is 9.90 Å². The topological polar surface area (TPSA) is 88.2 Å². The van der Waals surface area contributed by atoms with Crippen molar-refractivity contribution in [1.29, 1.82) is 0 Å². The standard InChI is InChI=1S/C11H8ClN3O3S/c1-4-14-15-11(18-4)19-8-3-7-5(2-6(8)12)9(16)10(17)13-7/h2-3,9,16H,1H3,(H,13,17). The normalized spacial score (nSPS) is 17.4. The van der Waals surface area contributed by atoms with E-state index in [2.05, 4.69) is 15.5 Å². The summed E-state index contributed by atoms with van der Waals surface area (Å²) < 4.78 is 5.25. The molecule has 0 aliphatic carbocycles. The van der Waals surface area contributed by atoms with Gasteiger partial charge in [0.05, 0.1) is 5.02 Å². The summed E-state index contributed by atoms with van der Waals surface area (Å²) in [5, 5.41) is 20.6. The zero-order valence-corrected chi connectivity index (χ0v) is 11.2. The summed E-state index contributed by atoms with van der Waals surface area (Å²) >= 11 is 7.32. The fourth-order valence-corrected chi connectivity index (χ4v) is 2.79. The predicted octanol–water partition coefficient (Wildman–Crippen LogP) is 2.17. The summed E-state index contributed by atoms with van der Waals surface area (Å²) in [7, 11) is 0. The highest BCUT2D eigenvalue weighted by atomic mass is 35.5. The van der Waals surface area contributed by atoms with E-state index in [1.165, 1.54) is 11.8 Å². The van der Waals surface area contributed by atoms with Gasteiger partial charge in [-0.3, -0.25) is 4.79 Å². The Kier molecular flexibility index (Phi) is 2.96. The van der Waals surface area contributed by atoms with Gasteiger partial charge in [-0.25, -0.2) is 0 Å². The van der Waals surface area contributed by atoms with Crippen molar-refractivity contribution in [3.05, 3.63) is 28.6 Å². The lowest BCUT2D eigenvalue weighted by molar-refractivity contribution is -0.123. The number of nitrogens with one attached hydrogen (secondary N) is 1. The van der Waals surface area contributed by atoms with Gasteiger partial charge in [-0.2, -0.15) is 0 Å². The molecule has 1 amide bonds. The van der Waals surface area contributed by atoms with Crippen LogP contribution >= 0.6 is 23.4 Å². The van der Waals surface area contributed by atoms with Gasteiger partial charge in [0.25, 0.3) is 11.1 Å². The van der Waals surface area contributed by atoms with Gasteiger partial charge in [0.1, 0.15) is 0 Å². The molecular weight excluding hydrogens is 290 g/mol. The van der Waals surface area contributed by atoms with Crippen LogP contribution in [0.2, 0.25) is 5.02 Å². The van der Waals surface area contributed by atoms with Gasteiger partial charge >= 0.3 is 0 Å².